The summed E-state index contributed by atoms with van der Waals surface area (Å²) >= 11 is 0. The number of ether oxygens (including phenoxy) is 1. The van der Waals surface area contributed by atoms with Gasteiger partial charge in [0.15, 0.2) is 0 Å². The van der Waals surface area contributed by atoms with Crippen LogP contribution in [-0.4, -0.2) is 11.9 Å². The van der Waals surface area contributed by atoms with Crippen LogP contribution in [0.5, 0.6) is 0 Å². The molecular weight excluding hydrogens is 170 g/mol. The Kier molecular flexibility index (Phi) is 1.63. The number of esters is 2. The fourth-order valence-corrected chi connectivity index (χ4v) is 1.29. The van der Waals surface area contributed by atoms with Gasteiger partial charge in [0.1, 0.15) is 6.04 Å². The number of benzene rings is 1. The van der Waals surface area contributed by atoms with Gasteiger partial charge in [-0.2, -0.15) is 0 Å². The lowest BCUT2D eigenvalue weighted by Crippen LogP contribution is -2.32. The summed E-state index contributed by atoms with van der Waals surface area (Å²) < 4.78 is 4.42. The smallest absolute Gasteiger partial charge is 0.346 e. The van der Waals surface area contributed by atoms with E-state index in [0.29, 0.717) is 11.1 Å². The van der Waals surface area contributed by atoms with E-state index in [1.165, 1.54) is 0 Å². The molecule has 0 fully saturated rings. The van der Waals surface area contributed by atoms with Gasteiger partial charge in [-0.05, 0) is 11.6 Å². The van der Waals surface area contributed by atoms with E-state index < -0.39 is 18.0 Å². The van der Waals surface area contributed by atoms with Crippen molar-refractivity contribution in [2.45, 2.75) is 6.04 Å². The molecule has 0 unspecified atom stereocenters. The summed E-state index contributed by atoms with van der Waals surface area (Å²) in [6.07, 6.45) is 0. The molecule has 0 aromatic heterocycles. The first-order valence-electron chi connectivity index (χ1n) is 3.80. The van der Waals surface area contributed by atoms with Crippen LogP contribution in [0.25, 0.3) is 0 Å². The molecule has 0 bridgehead atoms. The van der Waals surface area contributed by atoms with Crippen molar-refractivity contribution in [1.82, 2.24) is 0 Å². The Morgan fingerprint density at radius 2 is 1.92 bits per heavy atom. The third-order valence-electron chi connectivity index (χ3n) is 1.96. The second-order valence-electron chi connectivity index (χ2n) is 2.77. The van der Waals surface area contributed by atoms with Gasteiger partial charge < -0.3 is 10.5 Å². The summed E-state index contributed by atoms with van der Waals surface area (Å²) in [6.45, 7) is 0. The van der Waals surface area contributed by atoms with Gasteiger partial charge in [-0.1, -0.05) is 18.2 Å². The molecule has 13 heavy (non-hydrogen) atoms. The van der Waals surface area contributed by atoms with Gasteiger partial charge >= 0.3 is 11.9 Å². The molecule has 4 nitrogen and oxygen atoms in total. The van der Waals surface area contributed by atoms with Crippen LogP contribution >= 0.6 is 0 Å². The molecule has 1 aliphatic heterocycles. The third-order valence-corrected chi connectivity index (χ3v) is 1.96. The Morgan fingerprint density at radius 3 is 2.69 bits per heavy atom. The normalized spacial score (nSPS) is 20.8. The van der Waals surface area contributed by atoms with E-state index in [0.717, 1.165) is 0 Å². The zero-order chi connectivity index (χ0) is 9.42. The van der Waals surface area contributed by atoms with Crippen molar-refractivity contribution < 1.29 is 14.3 Å². The number of nitrogens with two attached hydrogens (primary N) is 1. The molecule has 66 valence electrons. The Balaban J connectivity index is 2.60. The van der Waals surface area contributed by atoms with Crippen LogP contribution in [0.15, 0.2) is 24.3 Å². The van der Waals surface area contributed by atoms with E-state index in [2.05, 4.69) is 4.74 Å². The van der Waals surface area contributed by atoms with E-state index in [4.69, 9.17) is 5.73 Å². The molecule has 0 amide bonds. The fraction of sp³-hybridized carbons (Fsp3) is 0.111. The summed E-state index contributed by atoms with van der Waals surface area (Å²) in [6, 6.07) is 5.82. The second-order valence-corrected chi connectivity index (χ2v) is 2.77. The summed E-state index contributed by atoms with van der Waals surface area (Å²) in [5.74, 6) is -1.31. The van der Waals surface area contributed by atoms with Crippen molar-refractivity contribution >= 4 is 11.9 Å². The van der Waals surface area contributed by atoms with Crippen LogP contribution in [0.3, 0.4) is 0 Å². The van der Waals surface area contributed by atoms with Gasteiger partial charge in [-0.3, -0.25) is 0 Å². The Labute approximate surface area is 74.3 Å². The number of hydrogen-bond acceptors (Lipinski definition) is 4. The van der Waals surface area contributed by atoms with E-state index >= 15 is 0 Å². The Bertz CT molecular complexity index is 386. The highest BCUT2D eigenvalue weighted by molar-refractivity contribution is 6.03. The van der Waals surface area contributed by atoms with E-state index in [1.54, 1.807) is 24.3 Å². The van der Waals surface area contributed by atoms with Crippen molar-refractivity contribution in [2.75, 3.05) is 0 Å². The lowest BCUT2D eigenvalue weighted by molar-refractivity contribution is -0.140. The monoisotopic (exact) mass is 177 g/mol. The number of hydrogen-bond donors (Lipinski definition) is 1. The lowest BCUT2D eigenvalue weighted by atomic mass is 9.99. The molecule has 4 heteroatoms. The van der Waals surface area contributed by atoms with Crippen molar-refractivity contribution in [1.29, 1.82) is 0 Å². The number of carbonyl (C=O) groups excluding carboxylic acids is 2. The molecule has 0 radical (unpaired) electrons. The van der Waals surface area contributed by atoms with Crippen molar-refractivity contribution in [3.8, 4) is 0 Å². The molecule has 1 aromatic carbocycles. The number of rotatable bonds is 0. The zero-order valence-corrected chi connectivity index (χ0v) is 6.69. The Hall–Kier alpha value is -1.68. The molecule has 0 saturated carbocycles. The number of carbonyl (C=O) groups is 2. The SMILES string of the molecule is N[C@@H]1C(=O)OC(=O)c2ccccc21. The topological polar surface area (TPSA) is 69.4 Å². The van der Waals surface area contributed by atoms with Crippen molar-refractivity contribution in [3.05, 3.63) is 35.4 Å². The highest BCUT2D eigenvalue weighted by Gasteiger charge is 2.31. The van der Waals surface area contributed by atoms with Gasteiger partial charge in [-0.25, -0.2) is 9.59 Å². The van der Waals surface area contributed by atoms with Crippen molar-refractivity contribution in [2.24, 2.45) is 5.73 Å². The third kappa shape index (κ3) is 1.11. The van der Waals surface area contributed by atoms with Gasteiger partial charge in [0.25, 0.3) is 0 Å². The molecular formula is C9H7NO3. The van der Waals surface area contributed by atoms with Crippen LogP contribution < -0.4 is 5.73 Å². The summed E-state index contributed by atoms with van der Waals surface area (Å²) in [4.78, 5) is 22.1. The molecule has 0 aliphatic carbocycles. The lowest BCUT2D eigenvalue weighted by Gasteiger charge is -2.18. The predicted octanol–water partition coefficient (Wildman–Crippen LogP) is 0.383. The zero-order valence-electron chi connectivity index (χ0n) is 6.69. The molecule has 1 heterocycles. The first kappa shape index (κ1) is 7.94. The highest BCUT2D eigenvalue weighted by atomic mass is 16.6. The Morgan fingerprint density at radius 1 is 1.23 bits per heavy atom. The number of fused-ring (bicyclic) bond motifs is 1. The first-order chi connectivity index (χ1) is 6.20. The quantitative estimate of drug-likeness (QED) is 0.459. The minimum Gasteiger partial charge on any atom is -0.388 e. The van der Waals surface area contributed by atoms with Gasteiger partial charge in [0, 0.05) is 0 Å². The van der Waals surface area contributed by atoms with Gasteiger partial charge in [0.05, 0.1) is 5.56 Å². The first-order valence-corrected chi connectivity index (χ1v) is 3.80. The molecule has 1 aliphatic rings. The molecule has 0 saturated heterocycles. The minimum absolute atomic E-state index is 0.370. The minimum atomic E-state index is -0.839. The van der Waals surface area contributed by atoms with Crippen LogP contribution in [0, 0.1) is 0 Å². The van der Waals surface area contributed by atoms with Gasteiger partial charge in [-0.15, -0.1) is 0 Å². The van der Waals surface area contributed by atoms with Crippen LogP contribution in [-0.2, 0) is 9.53 Å². The molecule has 1 aromatic rings. The number of cyclic esters (lactones) is 2. The summed E-state index contributed by atoms with van der Waals surface area (Å²) in [7, 11) is 0. The molecule has 0 spiro atoms. The standard InChI is InChI=1S/C9H7NO3/c10-7-5-3-1-2-4-6(5)8(11)13-9(7)12/h1-4,7H,10H2/t7-/m0/s1. The molecule has 2 rings (SSSR count). The molecule has 1 atom stereocenters. The van der Waals surface area contributed by atoms with Gasteiger partial charge in [0.2, 0.25) is 0 Å². The fourth-order valence-electron chi connectivity index (χ4n) is 1.29. The highest BCUT2D eigenvalue weighted by Crippen LogP contribution is 2.23. The molecule has 2 N–H and O–H groups in total. The largest absolute Gasteiger partial charge is 0.388 e. The average molecular weight is 177 g/mol. The van der Waals surface area contributed by atoms with E-state index in [-0.39, 0.29) is 0 Å². The van der Waals surface area contributed by atoms with E-state index in [9.17, 15) is 9.59 Å². The summed E-state index contributed by atoms with van der Waals surface area (Å²) in [5.41, 5.74) is 6.43. The average Bonchev–Trinajstić information content (AvgIpc) is 2.15. The van der Waals surface area contributed by atoms with Crippen LogP contribution in [0.2, 0.25) is 0 Å². The predicted molar refractivity (Wildman–Crippen MR) is 43.8 cm³/mol. The van der Waals surface area contributed by atoms with Crippen molar-refractivity contribution in [3.63, 3.8) is 0 Å². The van der Waals surface area contributed by atoms with Crippen LogP contribution in [0.1, 0.15) is 22.0 Å². The van der Waals surface area contributed by atoms with E-state index in [1.807, 2.05) is 0 Å². The maximum atomic E-state index is 11.1. The maximum absolute atomic E-state index is 11.1. The second kappa shape index (κ2) is 2.67. The van der Waals surface area contributed by atoms with Crippen LogP contribution in [0.4, 0.5) is 0 Å². The summed E-state index contributed by atoms with van der Waals surface area (Å²) in [5, 5.41) is 0. The maximum Gasteiger partial charge on any atom is 0.346 e.